The van der Waals surface area contributed by atoms with Crippen LogP contribution in [0.25, 0.3) is 0 Å². The summed E-state index contributed by atoms with van der Waals surface area (Å²) in [6, 6.07) is 0. The van der Waals surface area contributed by atoms with Gasteiger partial charge in [-0.2, -0.15) is 0 Å². The highest BCUT2D eigenvalue weighted by Crippen LogP contribution is 2.32. The first-order chi connectivity index (χ1) is 7.27. The maximum Gasteiger partial charge on any atom is 0.335 e. The van der Waals surface area contributed by atoms with Crippen LogP contribution >= 0.6 is 0 Å². The summed E-state index contributed by atoms with van der Waals surface area (Å²) < 4.78 is 10.5. The van der Waals surface area contributed by atoms with Gasteiger partial charge in [0, 0.05) is 6.61 Å². The molecule has 0 heterocycles. The van der Waals surface area contributed by atoms with E-state index in [-0.39, 0.29) is 12.1 Å². The Morgan fingerprint density at radius 1 is 1.40 bits per heavy atom. The maximum atomic E-state index is 11.5. The van der Waals surface area contributed by atoms with Crippen LogP contribution in [0.2, 0.25) is 0 Å². The molecule has 3 heteroatoms. The number of carbonyl (C=O) groups is 1. The number of hydrogen-bond acceptors (Lipinski definition) is 3. The van der Waals surface area contributed by atoms with Gasteiger partial charge in [-0.1, -0.05) is 26.2 Å². The molecule has 0 aliphatic heterocycles. The van der Waals surface area contributed by atoms with E-state index in [0.717, 1.165) is 25.2 Å². The summed E-state index contributed by atoms with van der Waals surface area (Å²) >= 11 is 0. The van der Waals surface area contributed by atoms with Crippen molar-refractivity contribution in [3.8, 4) is 0 Å². The van der Waals surface area contributed by atoms with Crippen LogP contribution in [0.4, 0.5) is 0 Å². The van der Waals surface area contributed by atoms with E-state index in [1.165, 1.54) is 12.8 Å². The number of carbonyl (C=O) groups excluding carboxylic acids is 1. The Hall–Kier alpha value is -0.570. The lowest BCUT2D eigenvalue weighted by atomic mass is 10.2. The molecule has 15 heavy (non-hydrogen) atoms. The van der Waals surface area contributed by atoms with Crippen molar-refractivity contribution in [2.24, 2.45) is 5.92 Å². The van der Waals surface area contributed by atoms with Crippen LogP contribution < -0.4 is 0 Å². The SMILES string of the molecule is CCCC(OCCC1CC1)C(=O)OCC. The van der Waals surface area contributed by atoms with Crippen molar-refractivity contribution < 1.29 is 14.3 Å². The average Bonchev–Trinajstić information content (AvgIpc) is 3.01. The molecule has 1 saturated carbocycles. The van der Waals surface area contributed by atoms with Crippen LogP contribution in [0.5, 0.6) is 0 Å². The van der Waals surface area contributed by atoms with Crippen LogP contribution in [0, 0.1) is 5.92 Å². The quantitative estimate of drug-likeness (QED) is 0.582. The lowest BCUT2D eigenvalue weighted by Crippen LogP contribution is -2.27. The van der Waals surface area contributed by atoms with E-state index in [1.54, 1.807) is 0 Å². The van der Waals surface area contributed by atoms with Gasteiger partial charge >= 0.3 is 5.97 Å². The predicted octanol–water partition coefficient (Wildman–Crippen LogP) is 2.53. The van der Waals surface area contributed by atoms with Crippen LogP contribution in [0.3, 0.4) is 0 Å². The third-order valence-electron chi connectivity index (χ3n) is 2.64. The van der Waals surface area contributed by atoms with Gasteiger partial charge in [0.15, 0.2) is 6.10 Å². The first-order valence-corrected chi connectivity index (χ1v) is 6.06. The molecule has 1 aliphatic carbocycles. The Balaban J connectivity index is 2.17. The molecule has 0 aromatic rings. The first-order valence-electron chi connectivity index (χ1n) is 6.06. The van der Waals surface area contributed by atoms with E-state index in [1.807, 2.05) is 6.92 Å². The minimum absolute atomic E-state index is 0.199. The second-order valence-electron chi connectivity index (χ2n) is 4.13. The van der Waals surface area contributed by atoms with Crippen LogP contribution in [-0.2, 0) is 14.3 Å². The normalized spacial score (nSPS) is 17.5. The van der Waals surface area contributed by atoms with E-state index < -0.39 is 0 Å². The molecule has 0 saturated heterocycles. The predicted molar refractivity (Wildman–Crippen MR) is 58.6 cm³/mol. The molecule has 0 radical (unpaired) electrons. The maximum absolute atomic E-state index is 11.5. The largest absolute Gasteiger partial charge is 0.464 e. The highest BCUT2D eigenvalue weighted by atomic mass is 16.6. The smallest absolute Gasteiger partial charge is 0.335 e. The van der Waals surface area contributed by atoms with Crippen molar-refractivity contribution >= 4 is 5.97 Å². The van der Waals surface area contributed by atoms with Gasteiger partial charge in [-0.3, -0.25) is 0 Å². The molecule has 1 unspecified atom stereocenters. The van der Waals surface area contributed by atoms with Crippen molar-refractivity contribution in [1.29, 1.82) is 0 Å². The van der Waals surface area contributed by atoms with E-state index in [9.17, 15) is 4.79 Å². The number of esters is 1. The molecule has 1 fully saturated rings. The van der Waals surface area contributed by atoms with Gasteiger partial charge in [-0.05, 0) is 25.7 Å². The first kappa shape index (κ1) is 12.5. The zero-order chi connectivity index (χ0) is 11.1. The summed E-state index contributed by atoms with van der Waals surface area (Å²) in [7, 11) is 0. The fourth-order valence-electron chi connectivity index (χ4n) is 1.55. The monoisotopic (exact) mass is 214 g/mol. The molecular formula is C12H22O3. The standard InChI is InChI=1S/C12H22O3/c1-3-5-11(12(13)14-4-2)15-9-8-10-6-7-10/h10-11H,3-9H2,1-2H3. The minimum Gasteiger partial charge on any atom is -0.464 e. The van der Waals surface area contributed by atoms with Crippen molar-refractivity contribution in [1.82, 2.24) is 0 Å². The fraction of sp³-hybridized carbons (Fsp3) is 0.917. The molecule has 0 N–H and O–H groups in total. The van der Waals surface area contributed by atoms with Crippen LogP contribution in [-0.4, -0.2) is 25.3 Å². The summed E-state index contributed by atoms with van der Waals surface area (Å²) in [6.07, 6.45) is 5.15. The van der Waals surface area contributed by atoms with E-state index in [2.05, 4.69) is 6.92 Å². The third-order valence-corrected chi connectivity index (χ3v) is 2.64. The Kier molecular flexibility index (Phi) is 5.69. The van der Waals surface area contributed by atoms with Gasteiger partial charge in [0.05, 0.1) is 6.61 Å². The van der Waals surface area contributed by atoms with Crippen molar-refractivity contribution in [2.45, 2.75) is 52.1 Å². The summed E-state index contributed by atoms with van der Waals surface area (Å²) in [5.74, 6) is 0.657. The van der Waals surface area contributed by atoms with Gasteiger partial charge in [0.2, 0.25) is 0 Å². The molecule has 3 nitrogen and oxygen atoms in total. The number of hydrogen-bond donors (Lipinski definition) is 0. The molecule has 1 aliphatic rings. The topological polar surface area (TPSA) is 35.5 Å². The molecule has 0 aromatic heterocycles. The molecule has 0 bridgehead atoms. The Morgan fingerprint density at radius 2 is 2.13 bits per heavy atom. The van der Waals surface area contributed by atoms with Crippen molar-refractivity contribution in [3.63, 3.8) is 0 Å². The van der Waals surface area contributed by atoms with Crippen molar-refractivity contribution in [2.75, 3.05) is 13.2 Å². The molecule has 88 valence electrons. The lowest BCUT2D eigenvalue weighted by Gasteiger charge is -2.15. The highest BCUT2D eigenvalue weighted by molar-refractivity contribution is 5.74. The van der Waals surface area contributed by atoms with Crippen LogP contribution in [0.15, 0.2) is 0 Å². The molecule has 0 spiro atoms. The van der Waals surface area contributed by atoms with E-state index in [0.29, 0.717) is 13.2 Å². The Labute approximate surface area is 92.1 Å². The summed E-state index contributed by atoms with van der Waals surface area (Å²) in [5.41, 5.74) is 0. The fourth-order valence-corrected chi connectivity index (χ4v) is 1.55. The second-order valence-corrected chi connectivity index (χ2v) is 4.13. The molecule has 1 atom stereocenters. The third kappa shape index (κ3) is 5.17. The zero-order valence-corrected chi connectivity index (χ0v) is 9.83. The van der Waals surface area contributed by atoms with Gasteiger partial charge in [0.1, 0.15) is 0 Å². The Bertz CT molecular complexity index is 187. The number of rotatable bonds is 8. The highest BCUT2D eigenvalue weighted by Gasteiger charge is 2.23. The summed E-state index contributed by atoms with van der Waals surface area (Å²) in [4.78, 5) is 11.5. The van der Waals surface area contributed by atoms with Gasteiger partial charge in [0.25, 0.3) is 0 Å². The molecular weight excluding hydrogens is 192 g/mol. The van der Waals surface area contributed by atoms with Gasteiger partial charge < -0.3 is 9.47 Å². The molecule has 1 rings (SSSR count). The molecule has 0 aromatic carbocycles. The van der Waals surface area contributed by atoms with Gasteiger partial charge in [-0.25, -0.2) is 4.79 Å². The average molecular weight is 214 g/mol. The Morgan fingerprint density at radius 3 is 2.67 bits per heavy atom. The molecule has 0 amide bonds. The van der Waals surface area contributed by atoms with E-state index >= 15 is 0 Å². The number of ether oxygens (including phenoxy) is 2. The van der Waals surface area contributed by atoms with Crippen LogP contribution in [0.1, 0.15) is 46.0 Å². The van der Waals surface area contributed by atoms with Crippen molar-refractivity contribution in [3.05, 3.63) is 0 Å². The van der Waals surface area contributed by atoms with Gasteiger partial charge in [-0.15, -0.1) is 0 Å². The summed E-state index contributed by atoms with van der Waals surface area (Å²) in [5, 5.41) is 0. The second kappa shape index (κ2) is 6.83. The zero-order valence-electron chi connectivity index (χ0n) is 9.83. The van der Waals surface area contributed by atoms with E-state index in [4.69, 9.17) is 9.47 Å². The lowest BCUT2D eigenvalue weighted by molar-refractivity contribution is -0.157. The summed E-state index contributed by atoms with van der Waals surface area (Å²) in [6.45, 7) is 5.01. The minimum atomic E-state index is -0.339.